The van der Waals surface area contributed by atoms with Crippen LogP contribution in [0.1, 0.15) is 37.7 Å². The summed E-state index contributed by atoms with van der Waals surface area (Å²) in [7, 11) is 0. The molecule has 1 saturated heterocycles. The highest BCUT2D eigenvalue weighted by Crippen LogP contribution is 2.18. The van der Waals surface area contributed by atoms with Crippen LogP contribution in [0.15, 0.2) is 24.4 Å². The predicted octanol–water partition coefficient (Wildman–Crippen LogP) is 2.52. The van der Waals surface area contributed by atoms with Gasteiger partial charge in [0.25, 0.3) is 0 Å². The van der Waals surface area contributed by atoms with Crippen molar-refractivity contribution < 1.29 is 9.18 Å². The van der Waals surface area contributed by atoms with Gasteiger partial charge < -0.3 is 10.6 Å². The monoisotopic (exact) mass is 305 g/mol. The highest BCUT2D eigenvalue weighted by molar-refractivity contribution is 5.91. The number of unbranched alkanes of at least 4 members (excludes halogenated alkanes) is 1. The lowest BCUT2D eigenvalue weighted by atomic mass is 9.92. The molecule has 2 N–H and O–H groups in total. The van der Waals surface area contributed by atoms with E-state index in [2.05, 4.69) is 15.6 Å². The summed E-state index contributed by atoms with van der Waals surface area (Å²) in [6, 6.07) is 3.23. The van der Waals surface area contributed by atoms with Gasteiger partial charge in [-0.05, 0) is 56.5 Å². The van der Waals surface area contributed by atoms with Crippen LogP contribution in [-0.4, -0.2) is 30.5 Å². The number of piperidine rings is 1. The van der Waals surface area contributed by atoms with E-state index in [1.165, 1.54) is 37.6 Å². The van der Waals surface area contributed by atoms with Crippen LogP contribution in [-0.2, 0) is 4.79 Å². The molecule has 5 heteroatoms. The molecule has 0 saturated carbocycles. The third-order valence-corrected chi connectivity index (χ3v) is 4.00. The number of carbonyl (C=O) groups excluding carboxylic acids is 1. The topological polar surface area (TPSA) is 54.0 Å². The molecule has 1 aromatic heterocycles. The van der Waals surface area contributed by atoms with Gasteiger partial charge in [0.1, 0.15) is 0 Å². The maximum Gasteiger partial charge on any atom is 0.244 e. The number of nitrogens with zero attached hydrogens (tertiary/aromatic N) is 1. The number of hydrogen-bond donors (Lipinski definition) is 2. The highest BCUT2D eigenvalue weighted by atomic mass is 19.1. The van der Waals surface area contributed by atoms with Gasteiger partial charge in [0.05, 0.1) is 0 Å². The van der Waals surface area contributed by atoms with E-state index < -0.39 is 5.95 Å². The van der Waals surface area contributed by atoms with Crippen molar-refractivity contribution in [3.8, 4) is 0 Å². The Hall–Kier alpha value is -1.75. The van der Waals surface area contributed by atoms with Crippen molar-refractivity contribution in [1.82, 2.24) is 15.6 Å². The second-order valence-electron chi connectivity index (χ2n) is 5.70. The Kier molecular flexibility index (Phi) is 7.03. The Bertz CT molecular complexity index is 498. The van der Waals surface area contributed by atoms with Crippen molar-refractivity contribution in [2.45, 2.75) is 32.1 Å². The highest BCUT2D eigenvalue weighted by Gasteiger charge is 2.11. The van der Waals surface area contributed by atoms with Crippen LogP contribution in [0, 0.1) is 11.9 Å². The number of aromatic nitrogens is 1. The first-order valence-corrected chi connectivity index (χ1v) is 8.03. The fraction of sp³-hybridized carbons (Fsp3) is 0.529. The lowest BCUT2D eigenvalue weighted by Crippen LogP contribution is -2.28. The third kappa shape index (κ3) is 5.93. The van der Waals surface area contributed by atoms with E-state index in [1.54, 1.807) is 12.1 Å². The first-order chi connectivity index (χ1) is 10.8. The number of hydrogen-bond acceptors (Lipinski definition) is 3. The Labute approximate surface area is 131 Å². The standard InChI is InChI=1S/C17H24FN3O/c18-17-15(5-3-11-21-17)6-7-16(22)20-10-2-1-4-14-8-12-19-13-9-14/h3,5-7,11,14,19H,1-2,4,8-10,12-13H2,(H,20,22)/b7-6+. The molecule has 0 unspecified atom stereocenters. The lowest BCUT2D eigenvalue weighted by Gasteiger charge is -2.22. The van der Waals surface area contributed by atoms with Crippen molar-refractivity contribution in [2.24, 2.45) is 5.92 Å². The van der Waals surface area contributed by atoms with E-state index in [9.17, 15) is 9.18 Å². The van der Waals surface area contributed by atoms with Gasteiger partial charge in [0.15, 0.2) is 0 Å². The van der Waals surface area contributed by atoms with E-state index in [0.29, 0.717) is 12.1 Å². The molecule has 1 aliphatic heterocycles. The molecule has 2 rings (SSSR count). The Morgan fingerprint density at radius 3 is 3.00 bits per heavy atom. The van der Waals surface area contributed by atoms with E-state index in [4.69, 9.17) is 0 Å². The van der Waals surface area contributed by atoms with Crippen molar-refractivity contribution >= 4 is 12.0 Å². The number of rotatable bonds is 7. The molecular weight excluding hydrogens is 281 g/mol. The van der Waals surface area contributed by atoms with E-state index in [-0.39, 0.29) is 5.91 Å². The zero-order valence-corrected chi connectivity index (χ0v) is 12.9. The quantitative estimate of drug-likeness (QED) is 0.462. The first kappa shape index (κ1) is 16.6. The van der Waals surface area contributed by atoms with Crippen LogP contribution < -0.4 is 10.6 Å². The minimum absolute atomic E-state index is 0.190. The van der Waals surface area contributed by atoms with Crippen molar-refractivity contribution in [3.63, 3.8) is 0 Å². The average Bonchev–Trinajstić information content (AvgIpc) is 2.55. The molecular formula is C17H24FN3O. The minimum atomic E-state index is -0.562. The van der Waals surface area contributed by atoms with Crippen molar-refractivity contribution in [1.29, 1.82) is 0 Å². The zero-order valence-electron chi connectivity index (χ0n) is 12.9. The molecule has 22 heavy (non-hydrogen) atoms. The second kappa shape index (κ2) is 9.30. The summed E-state index contributed by atoms with van der Waals surface area (Å²) in [5.41, 5.74) is 0.323. The first-order valence-electron chi connectivity index (χ1n) is 8.03. The number of pyridine rings is 1. The Morgan fingerprint density at radius 2 is 2.23 bits per heavy atom. The Morgan fingerprint density at radius 1 is 1.41 bits per heavy atom. The van der Waals surface area contributed by atoms with Gasteiger partial charge in [0.2, 0.25) is 11.9 Å². The summed E-state index contributed by atoms with van der Waals surface area (Å²) in [6.45, 7) is 2.94. The van der Waals surface area contributed by atoms with Crippen molar-refractivity contribution in [3.05, 3.63) is 35.9 Å². The smallest absolute Gasteiger partial charge is 0.244 e. The van der Waals surface area contributed by atoms with Gasteiger partial charge in [-0.1, -0.05) is 12.8 Å². The number of carbonyl (C=O) groups is 1. The molecule has 0 bridgehead atoms. The second-order valence-corrected chi connectivity index (χ2v) is 5.70. The molecule has 1 aliphatic rings. The zero-order chi connectivity index (χ0) is 15.6. The molecule has 2 heterocycles. The van der Waals surface area contributed by atoms with Crippen LogP contribution in [0.3, 0.4) is 0 Å². The Balaban J connectivity index is 1.58. The fourth-order valence-corrected chi connectivity index (χ4v) is 2.69. The van der Waals surface area contributed by atoms with E-state index in [0.717, 1.165) is 31.8 Å². The molecule has 0 aliphatic carbocycles. The third-order valence-electron chi connectivity index (χ3n) is 4.00. The normalized spacial score (nSPS) is 16.0. The molecule has 1 aromatic rings. The minimum Gasteiger partial charge on any atom is -0.353 e. The lowest BCUT2D eigenvalue weighted by molar-refractivity contribution is -0.116. The van der Waals surface area contributed by atoms with Crippen LogP contribution in [0.4, 0.5) is 4.39 Å². The average molecular weight is 305 g/mol. The number of halogens is 1. The van der Waals surface area contributed by atoms with Gasteiger partial charge in [-0.15, -0.1) is 0 Å². The maximum atomic E-state index is 13.3. The molecule has 0 atom stereocenters. The predicted molar refractivity (Wildman–Crippen MR) is 85.7 cm³/mol. The van der Waals surface area contributed by atoms with Gasteiger partial charge in [0, 0.05) is 24.4 Å². The maximum absolute atomic E-state index is 13.3. The fourth-order valence-electron chi connectivity index (χ4n) is 2.69. The van der Waals surface area contributed by atoms with Gasteiger partial charge in [-0.25, -0.2) is 4.98 Å². The van der Waals surface area contributed by atoms with E-state index in [1.807, 2.05) is 0 Å². The molecule has 0 spiro atoms. The van der Waals surface area contributed by atoms with Crippen LogP contribution in [0.25, 0.3) is 6.08 Å². The summed E-state index contributed by atoms with van der Waals surface area (Å²) in [5.74, 6) is 0.0871. The molecule has 1 amide bonds. The number of nitrogens with one attached hydrogen (secondary N) is 2. The van der Waals surface area contributed by atoms with E-state index >= 15 is 0 Å². The molecule has 0 aromatic carbocycles. The van der Waals surface area contributed by atoms with Gasteiger partial charge >= 0.3 is 0 Å². The van der Waals surface area contributed by atoms with Gasteiger partial charge in [-0.2, -0.15) is 4.39 Å². The summed E-state index contributed by atoms with van der Waals surface area (Å²) < 4.78 is 13.3. The van der Waals surface area contributed by atoms with Crippen LogP contribution >= 0.6 is 0 Å². The molecule has 1 fully saturated rings. The summed E-state index contributed by atoms with van der Waals surface area (Å²) in [4.78, 5) is 15.2. The summed E-state index contributed by atoms with van der Waals surface area (Å²) >= 11 is 0. The summed E-state index contributed by atoms with van der Waals surface area (Å²) in [5, 5.41) is 6.20. The van der Waals surface area contributed by atoms with Crippen LogP contribution in [0.5, 0.6) is 0 Å². The van der Waals surface area contributed by atoms with Crippen molar-refractivity contribution in [2.75, 3.05) is 19.6 Å². The van der Waals surface area contributed by atoms with Crippen LogP contribution in [0.2, 0.25) is 0 Å². The molecule has 0 radical (unpaired) electrons. The number of amides is 1. The largest absolute Gasteiger partial charge is 0.353 e. The SMILES string of the molecule is O=C(/C=C/c1cccnc1F)NCCCCC1CCNCC1. The molecule has 4 nitrogen and oxygen atoms in total. The molecule has 120 valence electrons. The van der Waals surface area contributed by atoms with Gasteiger partial charge in [-0.3, -0.25) is 4.79 Å². The summed E-state index contributed by atoms with van der Waals surface area (Å²) in [6.07, 6.45) is 10.1.